The molecule has 1 aromatic carbocycles. The first-order valence-electron chi connectivity index (χ1n) is 5.77. The molecule has 0 radical (unpaired) electrons. The molecule has 0 spiro atoms. The summed E-state index contributed by atoms with van der Waals surface area (Å²) >= 11 is 1.78. The highest BCUT2D eigenvalue weighted by atomic mass is 32.1. The van der Waals surface area contributed by atoms with E-state index in [1.165, 1.54) is 15.6 Å². The molecule has 88 valence electrons. The van der Waals surface area contributed by atoms with Crippen LogP contribution in [-0.2, 0) is 11.3 Å². The number of carbonyl (C=O) groups excluding carboxylic acids is 1. The lowest BCUT2D eigenvalue weighted by Gasteiger charge is -2.26. The van der Waals surface area contributed by atoms with Gasteiger partial charge in [0.05, 0.1) is 6.54 Å². The van der Waals surface area contributed by atoms with Crippen molar-refractivity contribution in [3.8, 4) is 0 Å². The SMILES string of the molecule is O=C1CN(Cc2csc3ccccc23)CCN1. The van der Waals surface area contributed by atoms with Crippen molar-refractivity contribution in [3.63, 3.8) is 0 Å². The summed E-state index contributed by atoms with van der Waals surface area (Å²) in [7, 11) is 0. The Labute approximate surface area is 104 Å². The number of amides is 1. The summed E-state index contributed by atoms with van der Waals surface area (Å²) in [6, 6.07) is 8.44. The monoisotopic (exact) mass is 246 g/mol. The fraction of sp³-hybridized carbons (Fsp3) is 0.308. The smallest absolute Gasteiger partial charge is 0.234 e. The number of piperazine rings is 1. The molecule has 1 aromatic heterocycles. The summed E-state index contributed by atoms with van der Waals surface area (Å²) in [6.07, 6.45) is 0. The highest BCUT2D eigenvalue weighted by Gasteiger charge is 2.17. The topological polar surface area (TPSA) is 32.3 Å². The lowest BCUT2D eigenvalue weighted by Crippen LogP contribution is -2.47. The number of fused-ring (bicyclic) bond motifs is 1. The van der Waals surface area contributed by atoms with Crippen LogP contribution in [-0.4, -0.2) is 30.4 Å². The van der Waals surface area contributed by atoms with Crippen molar-refractivity contribution in [2.75, 3.05) is 19.6 Å². The average Bonchev–Trinajstić information content (AvgIpc) is 2.73. The first-order chi connectivity index (χ1) is 8.33. The molecule has 0 atom stereocenters. The van der Waals surface area contributed by atoms with Gasteiger partial charge in [-0.1, -0.05) is 18.2 Å². The van der Waals surface area contributed by atoms with Crippen LogP contribution in [0, 0.1) is 0 Å². The summed E-state index contributed by atoms with van der Waals surface area (Å²) in [5.74, 6) is 0.135. The van der Waals surface area contributed by atoms with Crippen LogP contribution in [0.4, 0.5) is 0 Å². The van der Waals surface area contributed by atoms with E-state index in [2.05, 4.69) is 39.9 Å². The molecule has 0 aliphatic carbocycles. The van der Waals surface area contributed by atoms with Crippen molar-refractivity contribution in [1.82, 2.24) is 10.2 Å². The van der Waals surface area contributed by atoms with E-state index in [9.17, 15) is 4.79 Å². The van der Waals surface area contributed by atoms with Gasteiger partial charge in [0.15, 0.2) is 0 Å². The second-order valence-corrected chi connectivity index (χ2v) is 5.23. The van der Waals surface area contributed by atoms with Crippen LogP contribution in [0.25, 0.3) is 10.1 Å². The minimum atomic E-state index is 0.135. The average molecular weight is 246 g/mol. The van der Waals surface area contributed by atoms with E-state index >= 15 is 0 Å². The minimum Gasteiger partial charge on any atom is -0.354 e. The van der Waals surface area contributed by atoms with Crippen molar-refractivity contribution < 1.29 is 4.79 Å². The summed E-state index contributed by atoms with van der Waals surface area (Å²) in [5.41, 5.74) is 1.33. The molecule has 3 nitrogen and oxygen atoms in total. The summed E-state index contributed by atoms with van der Waals surface area (Å²) < 4.78 is 1.32. The molecule has 0 unspecified atom stereocenters. The molecular weight excluding hydrogens is 232 g/mol. The third kappa shape index (κ3) is 2.18. The fourth-order valence-corrected chi connectivity index (χ4v) is 3.18. The molecule has 0 bridgehead atoms. The number of hydrogen-bond acceptors (Lipinski definition) is 3. The molecule has 3 rings (SSSR count). The van der Waals surface area contributed by atoms with Gasteiger partial charge in [-0.3, -0.25) is 9.69 Å². The standard InChI is InChI=1S/C13H14N2OS/c16-13-8-15(6-5-14-13)7-10-9-17-12-4-2-1-3-11(10)12/h1-4,9H,5-8H2,(H,14,16). The van der Waals surface area contributed by atoms with Gasteiger partial charge >= 0.3 is 0 Å². The zero-order chi connectivity index (χ0) is 11.7. The molecule has 0 saturated carbocycles. The minimum absolute atomic E-state index is 0.135. The Balaban J connectivity index is 1.82. The van der Waals surface area contributed by atoms with Gasteiger partial charge < -0.3 is 5.32 Å². The largest absolute Gasteiger partial charge is 0.354 e. The number of carbonyl (C=O) groups is 1. The fourth-order valence-electron chi connectivity index (χ4n) is 2.22. The molecule has 17 heavy (non-hydrogen) atoms. The zero-order valence-corrected chi connectivity index (χ0v) is 10.3. The molecule has 1 aliphatic heterocycles. The third-order valence-corrected chi connectivity index (χ3v) is 4.08. The molecule has 1 N–H and O–H groups in total. The predicted octanol–water partition coefficient (Wildman–Crippen LogP) is 1.83. The van der Waals surface area contributed by atoms with E-state index in [1.807, 2.05) is 0 Å². The molecule has 2 aromatic rings. The maximum absolute atomic E-state index is 11.3. The number of thiophene rings is 1. The van der Waals surface area contributed by atoms with Crippen LogP contribution in [0.1, 0.15) is 5.56 Å². The summed E-state index contributed by atoms with van der Waals surface area (Å²) in [5, 5.41) is 6.38. The van der Waals surface area contributed by atoms with Crippen molar-refractivity contribution in [1.29, 1.82) is 0 Å². The van der Waals surface area contributed by atoms with Crippen LogP contribution in [0.15, 0.2) is 29.6 Å². The van der Waals surface area contributed by atoms with Crippen molar-refractivity contribution in [2.45, 2.75) is 6.54 Å². The lowest BCUT2D eigenvalue weighted by molar-refractivity contribution is -0.124. The van der Waals surface area contributed by atoms with Gasteiger partial charge in [-0.25, -0.2) is 0 Å². The van der Waals surface area contributed by atoms with Gasteiger partial charge in [-0.05, 0) is 22.4 Å². The van der Waals surface area contributed by atoms with Gasteiger partial charge in [-0.15, -0.1) is 11.3 Å². The molecule has 1 saturated heterocycles. The molecule has 4 heteroatoms. The third-order valence-electron chi connectivity index (χ3n) is 3.07. The number of benzene rings is 1. The number of nitrogens with zero attached hydrogens (tertiary/aromatic N) is 1. The first-order valence-corrected chi connectivity index (χ1v) is 6.65. The molecule has 1 aliphatic rings. The van der Waals surface area contributed by atoms with Crippen molar-refractivity contribution >= 4 is 27.3 Å². The van der Waals surface area contributed by atoms with E-state index in [-0.39, 0.29) is 5.91 Å². The Morgan fingerprint density at radius 2 is 2.24 bits per heavy atom. The molecule has 1 amide bonds. The van der Waals surface area contributed by atoms with Gasteiger partial charge in [0.25, 0.3) is 0 Å². The quantitative estimate of drug-likeness (QED) is 0.877. The van der Waals surface area contributed by atoms with E-state index in [0.29, 0.717) is 6.54 Å². The maximum Gasteiger partial charge on any atom is 0.234 e. The maximum atomic E-state index is 11.3. The highest BCUT2D eigenvalue weighted by molar-refractivity contribution is 7.17. The Morgan fingerprint density at radius 1 is 1.35 bits per heavy atom. The number of rotatable bonds is 2. The van der Waals surface area contributed by atoms with Crippen LogP contribution >= 0.6 is 11.3 Å². The lowest BCUT2D eigenvalue weighted by atomic mass is 10.1. The summed E-state index contributed by atoms with van der Waals surface area (Å²) in [6.45, 7) is 3.10. The highest BCUT2D eigenvalue weighted by Crippen LogP contribution is 2.26. The van der Waals surface area contributed by atoms with E-state index in [0.717, 1.165) is 19.6 Å². The Kier molecular flexibility index (Phi) is 2.82. The van der Waals surface area contributed by atoms with Gasteiger partial charge in [0.2, 0.25) is 5.91 Å². The Morgan fingerprint density at radius 3 is 3.12 bits per heavy atom. The first kappa shape index (κ1) is 10.7. The molecule has 1 fully saturated rings. The van der Waals surface area contributed by atoms with Crippen molar-refractivity contribution in [2.24, 2.45) is 0 Å². The number of nitrogens with one attached hydrogen (secondary N) is 1. The summed E-state index contributed by atoms with van der Waals surface area (Å²) in [4.78, 5) is 13.5. The van der Waals surface area contributed by atoms with Crippen LogP contribution in [0.2, 0.25) is 0 Å². The van der Waals surface area contributed by atoms with Gasteiger partial charge in [0.1, 0.15) is 0 Å². The predicted molar refractivity (Wildman–Crippen MR) is 70.1 cm³/mol. The normalized spacial score (nSPS) is 17.3. The van der Waals surface area contributed by atoms with Crippen molar-refractivity contribution in [3.05, 3.63) is 35.2 Å². The number of hydrogen-bond donors (Lipinski definition) is 1. The second-order valence-electron chi connectivity index (χ2n) is 4.32. The van der Waals surface area contributed by atoms with Crippen LogP contribution < -0.4 is 5.32 Å². The Hall–Kier alpha value is -1.39. The van der Waals surface area contributed by atoms with E-state index in [1.54, 1.807) is 11.3 Å². The Bertz CT molecular complexity index is 549. The molecular formula is C13H14N2OS. The van der Waals surface area contributed by atoms with Gasteiger partial charge in [0, 0.05) is 24.3 Å². The van der Waals surface area contributed by atoms with Crippen LogP contribution in [0.3, 0.4) is 0 Å². The van der Waals surface area contributed by atoms with E-state index < -0.39 is 0 Å². The zero-order valence-electron chi connectivity index (χ0n) is 9.48. The van der Waals surface area contributed by atoms with Gasteiger partial charge in [-0.2, -0.15) is 0 Å². The second kappa shape index (κ2) is 4.47. The van der Waals surface area contributed by atoms with Crippen LogP contribution in [0.5, 0.6) is 0 Å². The molecule has 2 heterocycles. The van der Waals surface area contributed by atoms with E-state index in [4.69, 9.17) is 0 Å².